The minimum Gasteiger partial charge on any atom is -0.377 e. The van der Waals surface area contributed by atoms with Crippen molar-refractivity contribution >= 4 is 8.80 Å². The van der Waals surface area contributed by atoms with E-state index in [0.29, 0.717) is 0 Å². The maximum Gasteiger partial charge on any atom is 0.500 e. The molecule has 0 fully saturated rings. The average molecular weight is 190 g/mol. The largest absolute Gasteiger partial charge is 0.500 e. The lowest BCUT2D eigenvalue weighted by molar-refractivity contribution is 0.124. The van der Waals surface area contributed by atoms with Crippen LogP contribution in [0.1, 0.15) is 13.3 Å². The average Bonchev–Trinajstić information content (AvgIpc) is 2.14. The molecule has 0 aliphatic rings. The topological polar surface area (TPSA) is 27.7 Å². The molecule has 72 valence electrons. The van der Waals surface area contributed by atoms with Crippen LogP contribution in [0.25, 0.3) is 0 Å². The van der Waals surface area contributed by atoms with Crippen molar-refractivity contribution in [3.63, 3.8) is 0 Å². The Hall–Kier alpha value is -0.163. The molecule has 0 unspecified atom stereocenters. The van der Waals surface area contributed by atoms with Crippen LogP contribution in [0.2, 0.25) is 6.04 Å². The van der Waals surface area contributed by atoms with Gasteiger partial charge in [0, 0.05) is 27.4 Å². The second-order valence-corrected chi connectivity index (χ2v) is 5.49. The Balaban J connectivity index is 3.92. The Labute approximate surface area is 75.7 Å². The van der Waals surface area contributed by atoms with Crippen molar-refractivity contribution in [3.05, 3.63) is 12.2 Å². The molecular formula is C8H18O3Si. The molecule has 0 amide bonds. The summed E-state index contributed by atoms with van der Waals surface area (Å²) in [5.41, 5.74) is 0. The van der Waals surface area contributed by atoms with Crippen LogP contribution in [0.15, 0.2) is 12.2 Å². The molecule has 0 aliphatic heterocycles. The highest BCUT2D eigenvalue weighted by molar-refractivity contribution is 6.60. The predicted octanol–water partition coefficient (Wildman–Crippen LogP) is 1.83. The standard InChI is InChI=1S/C8H18O3Si/c1-5-6-7-8-12(9-2,10-3)11-4/h5-6H,7-8H2,1-4H3. The molecule has 4 heteroatoms. The Bertz CT molecular complexity index is 124. The molecule has 0 aliphatic carbocycles. The smallest absolute Gasteiger partial charge is 0.377 e. The van der Waals surface area contributed by atoms with Gasteiger partial charge < -0.3 is 13.3 Å². The van der Waals surface area contributed by atoms with Crippen molar-refractivity contribution in [2.45, 2.75) is 19.4 Å². The summed E-state index contributed by atoms with van der Waals surface area (Å²) in [4.78, 5) is 0. The van der Waals surface area contributed by atoms with Crippen LogP contribution in [0.3, 0.4) is 0 Å². The van der Waals surface area contributed by atoms with Gasteiger partial charge in [0.25, 0.3) is 0 Å². The van der Waals surface area contributed by atoms with Crippen LogP contribution in [-0.2, 0) is 13.3 Å². The molecule has 0 aromatic rings. The molecule has 0 saturated heterocycles. The van der Waals surface area contributed by atoms with Crippen LogP contribution >= 0.6 is 0 Å². The molecule has 0 aromatic heterocycles. The van der Waals surface area contributed by atoms with Gasteiger partial charge in [0.15, 0.2) is 0 Å². The second-order valence-electron chi connectivity index (χ2n) is 2.40. The third-order valence-corrected chi connectivity index (χ3v) is 4.55. The van der Waals surface area contributed by atoms with E-state index in [1.165, 1.54) is 0 Å². The zero-order valence-corrected chi connectivity index (χ0v) is 9.29. The number of hydrogen-bond donors (Lipinski definition) is 0. The van der Waals surface area contributed by atoms with Crippen molar-refractivity contribution in [2.75, 3.05) is 21.3 Å². The van der Waals surface area contributed by atoms with E-state index in [-0.39, 0.29) is 0 Å². The minimum absolute atomic E-state index is 0.834. The van der Waals surface area contributed by atoms with Gasteiger partial charge in [-0.15, -0.1) is 0 Å². The number of rotatable bonds is 6. The summed E-state index contributed by atoms with van der Waals surface area (Å²) < 4.78 is 15.7. The van der Waals surface area contributed by atoms with E-state index in [1.54, 1.807) is 21.3 Å². The SMILES string of the molecule is CC=CCC[Si](OC)(OC)OC. The van der Waals surface area contributed by atoms with E-state index in [0.717, 1.165) is 12.5 Å². The highest BCUT2D eigenvalue weighted by Gasteiger charge is 2.36. The fourth-order valence-corrected chi connectivity index (χ4v) is 2.62. The Kier molecular flexibility index (Phi) is 6.28. The summed E-state index contributed by atoms with van der Waals surface area (Å²) in [5.74, 6) is 0. The van der Waals surface area contributed by atoms with Crippen LogP contribution in [0, 0.1) is 0 Å². The number of allylic oxidation sites excluding steroid dienone is 2. The summed E-state index contributed by atoms with van der Waals surface area (Å²) in [6.07, 6.45) is 5.04. The lowest BCUT2D eigenvalue weighted by atomic mass is 10.4. The van der Waals surface area contributed by atoms with Crippen molar-refractivity contribution < 1.29 is 13.3 Å². The minimum atomic E-state index is -2.31. The van der Waals surface area contributed by atoms with E-state index >= 15 is 0 Å². The van der Waals surface area contributed by atoms with Gasteiger partial charge in [-0.25, -0.2) is 0 Å². The zero-order valence-electron chi connectivity index (χ0n) is 8.29. The lowest BCUT2D eigenvalue weighted by Gasteiger charge is -2.23. The van der Waals surface area contributed by atoms with Crippen molar-refractivity contribution in [2.24, 2.45) is 0 Å². The molecule has 0 rings (SSSR count). The van der Waals surface area contributed by atoms with Crippen LogP contribution in [-0.4, -0.2) is 30.1 Å². The van der Waals surface area contributed by atoms with E-state index < -0.39 is 8.80 Å². The van der Waals surface area contributed by atoms with E-state index in [1.807, 2.05) is 13.0 Å². The molecule has 3 nitrogen and oxygen atoms in total. The van der Waals surface area contributed by atoms with Gasteiger partial charge in [0.1, 0.15) is 0 Å². The third-order valence-electron chi connectivity index (χ3n) is 1.79. The maximum absolute atomic E-state index is 5.24. The van der Waals surface area contributed by atoms with Gasteiger partial charge in [-0.05, 0) is 13.3 Å². The van der Waals surface area contributed by atoms with Gasteiger partial charge >= 0.3 is 8.80 Å². The molecule has 0 spiro atoms. The highest BCUT2D eigenvalue weighted by atomic mass is 28.4. The summed E-state index contributed by atoms with van der Waals surface area (Å²) in [6.45, 7) is 2.00. The van der Waals surface area contributed by atoms with Crippen molar-refractivity contribution in [1.82, 2.24) is 0 Å². The molecule has 0 heterocycles. The summed E-state index contributed by atoms with van der Waals surface area (Å²) in [6, 6.07) is 0.834. The first kappa shape index (κ1) is 11.8. The van der Waals surface area contributed by atoms with Gasteiger partial charge in [-0.2, -0.15) is 0 Å². The van der Waals surface area contributed by atoms with Crippen molar-refractivity contribution in [3.8, 4) is 0 Å². The normalized spacial score (nSPS) is 12.7. The van der Waals surface area contributed by atoms with Crippen molar-refractivity contribution in [1.29, 1.82) is 0 Å². The Morgan fingerprint density at radius 3 is 1.92 bits per heavy atom. The first-order valence-corrected chi connectivity index (χ1v) is 5.94. The first-order valence-electron chi connectivity index (χ1n) is 4.01. The highest BCUT2D eigenvalue weighted by Crippen LogP contribution is 2.14. The van der Waals surface area contributed by atoms with Gasteiger partial charge in [-0.1, -0.05) is 12.2 Å². The third kappa shape index (κ3) is 3.49. The summed E-state index contributed by atoms with van der Waals surface area (Å²) in [7, 11) is 2.60. The van der Waals surface area contributed by atoms with Crippen LogP contribution < -0.4 is 0 Å². The predicted molar refractivity (Wildman–Crippen MR) is 51.0 cm³/mol. The molecule has 0 atom stereocenters. The number of hydrogen-bond acceptors (Lipinski definition) is 3. The monoisotopic (exact) mass is 190 g/mol. The van der Waals surface area contributed by atoms with Gasteiger partial charge in [-0.3, -0.25) is 0 Å². The van der Waals surface area contributed by atoms with Gasteiger partial charge in [0.2, 0.25) is 0 Å². The van der Waals surface area contributed by atoms with E-state index in [2.05, 4.69) is 6.08 Å². The molecular weight excluding hydrogens is 172 g/mol. The Morgan fingerprint density at radius 1 is 1.08 bits per heavy atom. The molecule has 0 saturated carbocycles. The molecule has 0 radical (unpaired) electrons. The van der Waals surface area contributed by atoms with Crippen LogP contribution in [0.5, 0.6) is 0 Å². The molecule has 0 bridgehead atoms. The summed E-state index contributed by atoms with van der Waals surface area (Å²) in [5, 5.41) is 0. The first-order chi connectivity index (χ1) is 5.74. The zero-order chi connectivity index (χ0) is 9.45. The summed E-state index contributed by atoms with van der Waals surface area (Å²) >= 11 is 0. The lowest BCUT2D eigenvalue weighted by Crippen LogP contribution is -2.42. The Morgan fingerprint density at radius 2 is 1.58 bits per heavy atom. The molecule has 0 N–H and O–H groups in total. The van der Waals surface area contributed by atoms with Crippen LogP contribution in [0.4, 0.5) is 0 Å². The molecule has 12 heavy (non-hydrogen) atoms. The van der Waals surface area contributed by atoms with E-state index in [9.17, 15) is 0 Å². The molecule has 0 aromatic carbocycles. The quantitative estimate of drug-likeness (QED) is 0.472. The van der Waals surface area contributed by atoms with E-state index in [4.69, 9.17) is 13.3 Å². The van der Waals surface area contributed by atoms with Gasteiger partial charge in [0.05, 0.1) is 0 Å². The fraction of sp³-hybridized carbons (Fsp3) is 0.750. The maximum atomic E-state index is 5.24. The second kappa shape index (κ2) is 6.36. The fourth-order valence-electron chi connectivity index (χ4n) is 0.983.